The van der Waals surface area contributed by atoms with E-state index in [1.165, 1.54) is 11.1 Å². The predicted molar refractivity (Wildman–Crippen MR) is 125 cm³/mol. The van der Waals surface area contributed by atoms with E-state index in [0.29, 0.717) is 34.1 Å². The highest BCUT2D eigenvalue weighted by Gasteiger charge is 2.27. The van der Waals surface area contributed by atoms with Crippen molar-refractivity contribution in [2.45, 2.75) is 52.1 Å². The van der Waals surface area contributed by atoms with Gasteiger partial charge in [0.25, 0.3) is 11.4 Å². The second-order valence-electron chi connectivity index (χ2n) is 8.63. The van der Waals surface area contributed by atoms with E-state index >= 15 is 0 Å². The number of rotatable bonds is 6. The molecule has 1 aliphatic rings. The van der Waals surface area contributed by atoms with Crippen LogP contribution in [-0.4, -0.2) is 31.4 Å². The molecule has 170 valence electrons. The first-order valence-electron chi connectivity index (χ1n) is 10.9. The van der Waals surface area contributed by atoms with E-state index in [-0.39, 0.29) is 11.7 Å². The number of H-pyrrole nitrogens is 2. The summed E-state index contributed by atoms with van der Waals surface area (Å²) in [6, 6.07) is 7.54. The fourth-order valence-electron chi connectivity index (χ4n) is 4.47. The molecule has 0 aliphatic heterocycles. The topological polar surface area (TPSA) is 110 Å². The fourth-order valence-corrected chi connectivity index (χ4v) is 4.68. The number of nitrogens with one attached hydrogen (secondary N) is 2. The smallest absolute Gasteiger partial charge is 0.264 e. The fraction of sp³-hybridized carbons (Fsp3) is 0.333. The van der Waals surface area contributed by atoms with Crippen LogP contribution in [0, 0.1) is 6.92 Å². The van der Waals surface area contributed by atoms with Crippen LogP contribution in [-0.2, 0) is 12.8 Å². The summed E-state index contributed by atoms with van der Waals surface area (Å²) in [5.74, 6) is 1.63. The Morgan fingerprint density at radius 1 is 1.27 bits per heavy atom. The first-order valence-corrected chi connectivity index (χ1v) is 11.3. The summed E-state index contributed by atoms with van der Waals surface area (Å²) in [6.45, 7) is 5.93. The Hall–Kier alpha value is -3.39. The molecule has 3 heterocycles. The van der Waals surface area contributed by atoms with Crippen molar-refractivity contribution in [1.29, 1.82) is 0 Å². The van der Waals surface area contributed by atoms with Crippen LogP contribution >= 0.6 is 11.6 Å². The molecule has 2 N–H and O–H groups in total. The predicted octanol–water partition coefficient (Wildman–Crippen LogP) is 4.84. The molecule has 0 spiro atoms. The molecule has 1 aliphatic carbocycles. The zero-order valence-electron chi connectivity index (χ0n) is 18.6. The normalized spacial score (nSPS) is 15.2. The lowest BCUT2D eigenvalue weighted by Gasteiger charge is -2.12. The van der Waals surface area contributed by atoms with Gasteiger partial charge in [-0.25, -0.2) is 4.98 Å². The minimum absolute atomic E-state index is 0.0245. The van der Waals surface area contributed by atoms with E-state index in [9.17, 15) is 4.79 Å². The second-order valence-corrected chi connectivity index (χ2v) is 9.04. The third-order valence-electron chi connectivity index (χ3n) is 6.00. The van der Waals surface area contributed by atoms with Gasteiger partial charge in [-0.1, -0.05) is 28.9 Å². The summed E-state index contributed by atoms with van der Waals surface area (Å²) in [7, 11) is 0. The molecule has 0 radical (unpaired) electrons. The number of ether oxygens (including phenoxy) is 1. The van der Waals surface area contributed by atoms with Crippen LogP contribution in [0.5, 0.6) is 5.88 Å². The van der Waals surface area contributed by atoms with E-state index < -0.39 is 0 Å². The van der Waals surface area contributed by atoms with Gasteiger partial charge in [-0.3, -0.25) is 9.89 Å². The van der Waals surface area contributed by atoms with Crippen molar-refractivity contribution in [3.05, 3.63) is 68.2 Å². The van der Waals surface area contributed by atoms with Crippen molar-refractivity contribution in [3.63, 3.8) is 0 Å². The Kier molecular flexibility index (Phi) is 5.54. The summed E-state index contributed by atoms with van der Waals surface area (Å²) >= 11 is 6.31. The maximum atomic E-state index is 11.4. The molecule has 1 atom stereocenters. The van der Waals surface area contributed by atoms with E-state index in [0.717, 1.165) is 36.1 Å². The highest BCUT2D eigenvalue weighted by Crippen LogP contribution is 2.40. The largest absolute Gasteiger partial charge is 0.474 e. The Bertz CT molecular complexity index is 1370. The lowest BCUT2D eigenvalue weighted by molar-refractivity contribution is 0.233. The van der Waals surface area contributed by atoms with Crippen LogP contribution in [0.3, 0.4) is 0 Å². The van der Waals surface area contributed by atoms with Crippen molar-refractivity contribution >= 4 is 11.6 Å². The van der Waals surface area contributed by atoms with Crippen LogP contribution in [0.1, 0.15) is 48.6 Å². The van der Waals surface area contributed by atoms with Crippen LogP contribution < -0.4 is 10.3 Å². The van der Waals surface area contributed by atoms with E-state index in [2.05, 4.69) is 38.3 Å². The van der Waals surface area contributed by atoms with E-state index in [4.69, 9.17) is 20.9 Å². The number of pyridine rings is 1. The maximum Gasteiger partial charge on any atom is 0.264 e. The van der Waals surface area contributed by atoms with Crippen molar-refractivity contribution in [2.24, 2.45) is 0 Å². The average Bonchev–Trinajstić information content (AvgIpc) is 3.51. The van der Waals surface area contributed by atoms with Crippen molar-refractivity contribution in [2.75, 3.05) is 0 Å². The SMILES string of the molecule is Cc1c(-c2noc(-c3cnc(OC(C)C)c(Cl)c3)n2)ccc2c1CC[C@@H]2Cc1cc(=O)[nH][nH]1. The third-order valence-corrected chi connectivity index (χ3v) is 6.27. The number of halogens is 1. The number of fused-ring (bicyclic) bond motifs is 1. The number of hydrogen-bond donors (Lipinski definition) is 2. The van der Waals surface area contributed by atoms with Crippen LogP contribution in [0.4, 0.5) is 0 Å². The van der Waals surface area contributed by atoms with Crippen LogP contribution in [0.25, 0.3) is 22.8 Å². The molecule has 0 saturated carbocycles. The van der Waals surface area contributed by atoms with Crippen LogP contribution in [0.2, 0.25) is 5.02 Å². The molecule has 4 aromatic rings. The highest BCUT2D eigenvalue weighted by molar-refractivity contribution is 6.32. The molecule has 8 nitrogen and oxygen atoms in total. The lowest BCUT2D eigenvalue weighted by atomic mass is 9.93. The van der Waals surface area contributed by atoms with Crippen molar-refractivity contribution in [3.8, 4) is 28.7 Å². The molecule has 0 unspecified atom stereocenters. The van der Waals surface area contributed by atoms with Gasteiger partial charge in [0.05, 0.1) is 11.7 Å². The van der Waals surface area contributed by atoms with Gasteiger partial charge in [0.15, 0.2) is 0 Å². The van der Waals surface area contributed by atoms with Crippen LogP contribution in [0.15, 0.2) is 39.8 Å². The molecular formula is C24H24ClN5O3. The number of aromatic amines is 2. The lowest BCUT2D eigenvalue weighted by Crippen LogP contribution is -2.07. The monoisotopic (exact) mass is 465 g/mol. The summed E-state index contributed by atoms with van der Waals surface area (Å²) in [5.41, 5.74) is 6.20. The summed E-state index contributed by atoms with van der Waals surface area (Å²) in [4.78, 5) is 20.3. The number of aromatic nitrogens is 5. The van der Waals surface area contributed by atoms with Gasteiger partial charge >= 0.3 is 0 Å². The zero-order valence-corrected chi connectivity index (χ0v) is 19.4. The van der Waals surface area contributed by atoms with Gasteiger partial charge in [0.1, 0.15) is 5.02 Å². The Balaban J connectivity index is 1.40. The summed E-state index contributed by atoms with van der Waals surface area (Å²) < 4.78 is 11.1. The molecule has 0 fully saturated rings. The number of hydrogen-bond acceptors (Lipinski definition) is 6. The molecule has 0 saturated heterocycles. The van der Waals surface area contributed by atoms with Crippen molar-refractivity contribution in [1.82, 2.24) is 25.3 Å². The van der Waals surface area contributed by atoms with Gasteiger partial charge in [-0.2, -0.15) is 4.98 Å². The maximum absolute atomic E-state index is 11.4. The third kappa shape index (κ3) is 4.18. The number of nitrogens with zero attached hydrogens (tertiary/aromatic N) is 3. The summed E-state index contributed by atoms with van der Waals surface area (Å²) in [5, 5.41) is 10.2. The minimum atomic E-state index is -0.0961. The standard InChI is InChI=1S/C24H24ClN5O3/c1-12(2)32-24-20(25)9-15(11-26-24)23-27-22(30-33-23)18-6-7-19-14(4-5-17(19)13(18)3)8-16-10-21(31)29-28-16/h6-7,9-12,14H,4-5,8H2,1-3H3,(H2,28,29,31)/t14-/m1/s1. The molecule has 0 bridgehead atoms. The molecular weight excluding hydrogens is 442 g/mol. The first-order chi connectivity index (χ1) is 15.9. The average molecular weight is 466 g/mol. The van der Waals surface area contributed by atoms with Crippen molar-refractivity contribution < 1.29 is 9.26 Å². The Morgan fingerprint density at radius 3 is 2.85 bits per heavy atom. The van der Waals surface area contributed by atoms with Gasteiger partial charge < -0.3 is 14.4 Å². The highest BCUT2D eigenvalue weighted by atomic mass is 35.5. The van der Waals surface area contributed by atoms with Gasteiger partial charge in [0, 0.05) is 23.5 Å². The molecule has 9 heteroatoms. The van der Waals surface area contributed by atoms with E-state index in [1.807, 2.05) is 19.9 Å². The zero-order chi connectivity index (χ0) is 23.1. The molecule has 1 aromatic carbocycles. The number of benzene rings is 1. The molecule has 5 rings (SSSR count). The molecule has 33 heavy (non-hydrogen) atoms. The molecule has 0 amide bonds. The quantitative estimate of drug-likeness (QED) is 0.421. The second kappa shape index (κ2) is 8.51. The Morgan fingerprint density at radius 2 is 2.12 bits per heavy atom. The first kappa shape index (κ1) is 21.5. The van der Waals surface area contributed by atoms with Gasteiger partial charge in [-0.15, -0.1) is 0 Å². The summed E-state index contributed by atoms with van der Waals surface area (Å²) in [6.07, 6.45) is 4.42. The van der Waals surface area contributed by atoms with Gasteiger partial charge in [-0.05, 0) is 68.7 Å². The van der Waals surface area contributed by atoms with Gasteiger partial charge in [0.2, 0.25) is 11.7 Å². The van der Waals surface area contributed by atoms with E-state index in [1.54, 1.807) is 18.3 Å². The Labute approximate surface area is 195 Å². The molecule has 3 aromatic heterocycles. The minimum Gasteiger partial charge on any atom is -0.474 e.